The van der Waals surface area contributed by atoms with E-state index in [1.807, 2.05) is 31.2 Å². The van der Waals surface area contributed by atoms with Crippen LogP contribution in [0.25, 0.3) is 0 Å². The third kappa shape index (κ3) is 4.48. The van der Waals surface area contributed by atoms with Crippen molar-refractivity contribution in [3.8, 4) is 5.75 Å². The number of methoxy groups -OCH3 is 1. The number of ether oxygens (including phenoxy) is 1. The van der Waals surface area contributed by atoms with Crippen LogP contribution in [0.3, 0.4) is 0 Å². The van der Waals surface area contributed by atoms with E-state index in [-0.39, 0.29) is 11.2 Å². The van der Waals surface area contributed by atoms with Crippen molar-refractivity contribution in [3.05, 3.63) is 35.7 Å². The Hall–Kier alpha value is -2.02. The normalized spacial score (nSPS) is 15.2. The summed E-state index contributed by atoms with van der Waals surface area (Å²) in [5.74, 6) is 1.37. The fourth-order valence-electron chi connectivity index (χ4n) is 2.03. The van der Waals surface area contributed by atoms with E-state index in [9.17, 15) is 4.79 Å². The number of thioether (sulfide) groups is 1. The minimum absolute atomic E-state index is 0.0207. The molecular formula is C16H19N3O3S. The van der Waals surface area contributed by atoms with Gasteiger partial charge in [0.25, 0.3) is 5.22 Å². The molecule has 0 spiro atoms. The number of hydrogen-bond acceptors (Lipinski definition) is 6. The summed E-state index contributed by atoms with van der Waals surface area (Å²) in [6, 6.07) is 8.07. The number of amides is 1. The molecule has 1 N–H and O–H groups in total. The summed E-state index contributed by atoms with van der Waals surface area (Å²) in [7, 11) is 1.64. The number of hydrogen-bond donors (Lipinski definition) is 1. The zero-order chi connectivity index (χ0) is 16.2. The lowest BCUT2D eigenvalue weighted by atomic mass is 10.1. The van der Waals surface area contributed by atoms with E-state index in [1.54, 1.807) is 7.11 Å². The Kier molecular flexibility index (Phi) is 4.85. The van der Waals surface area contributed by atoms with Crippen LogP contribution in [0.15, 0.2) is 33.9 Å². The Morgan fingerprint density at radius 3 is 2.78 bits per heavy atom. The second-order valence-corrected chi connectivity index (χ2v) is 6.82. The second kappa shape index (κ2) is 7.04. The highest BCUT2D eigenvalue weighted by Gasteiger charge is 2.26. The topological polar surface area (TPSA) is 77.2 Å². The van der Waals surface area contributed by atoms with Gasteiger partial charge in [0.1, 0.15) is 5.75 Å². The van der Waals surface area contributed by atoms with E-state index in [1.165, 1.54) is 11.8 Å². The van der Waals surface area contributed by atoms with E-state index in [0.717, 1.165) is 24.2 Å². The molecule has 1 unspecified atom stereocenters. The summed E-state index contributed by atoms with van der Waals surface area (Å²) < 4.78 is 10.7. The van der Waals surface area contributed by atoms with Crippen LogP contribution in [0, 0.1) is 0 Å². The average molecular weight is 333 g/mol. The zero-order valence-corrected chi connectivity index (χ0v) is 13.9. The Labute approximate surface area is 139 Å². The summed E-state index contributed by atoms with van der Waals surface area (Å²) in [6.45, 7) is 1.84. The van der Waals surface area contributed by atoms with Crippen LogP contribution in [0.4, 0.5) is 0 Å². The van der Waals surface area contributed by atoms with Crippen molar-refractivity contribution in [2.45, 2.75) is 42.7 Å². The molecule has 1 amide bonds. The van der Waals surface area contributed by atoms with Gasteiger partial charge in [0.15, 0.2) is 0 Å². The van der Waals surface area contributed by atoms with Crippen molar-refractivity contribution in [3.63, 3.8) is 0 Å². The molecule has 2 aromatic rings. The first kappa shape index (κ1) is 15.9. The minimum Gasteiger partial charge on any atom is -0.497 e. The first-order valence-corrected chi connectivity index (χ1v) is 8.44. The van der Waals surface area contributed by atoms with Crippen molar-refractivity contribution in [2.75, 3.05) is 7.11 Å². The van der Waals surface area contributed by atoms with Gasteiger partial charge in [-0.25, -0.2) is 0 Å². The molecular weight excluding hydrogens is 314 g/mol. The highest BCUT2D eigenvalue weighted by Crippen LogP contribution is 2.25. The molecule has 1 atom stereocenters. The van der Waals surface area contributed by atoms with Gasteiger partial charge in [-0.3, -0.25) is 4.79 Å². The zero-order valence-electron chi connectivity index (χ0n) is 13.1. The number of nitrogens with zero attached hydrogens (tertiary/aromatic N) is 2. The van der Waals surface area contributed by atoms with Crippen LogP contribution < -0.4 is 10.1 Å². The van der Waals surface area contributed by atoms with Gasteiger partial charge in [-0.2, -0.15) is 0 Å². The lowest BCUT2D eigenvalue weighted by Gasteiger charge is -2.08. The van der Waals surface area contributed by atoms with Gasteiger partial charge in [0.2, 0.25) is 11.8 Å². The molecule has 1 aromatic carbocycles. The van der Waals surface area contributed by atoms with Crippen molar-refractivity contribution in [1.82, 2.24) is 15.5 Å². The van der Waals surface area contributed by atoms with E-state index in [2.05, 4.69) is 15.5 Å². The molecule has 1 fully saturated rings. The number of benzene rings is 1. The van der Waals surface area contributed by atoms with Crippen LogP contribution in [0.2, 0.25) is 0 Å². The average Bonchev–Trinajstić information content (AvgIpc) is 3.26. The van der Waals surface area contributed by atoms with Gasteiger partial charge in [0.05, 0.1) is 18.8 Å². The van der Waals surface area contributed by atoms with E-state index >= 15 is 0 Å². The summed E-state index contributed by atoms with van der Waals surface area (Å²) in [5.41, 5.74) is 1.06. The van der Waals surface area contributed by atoms with Crippen molar-refractivity contribution < 1.29 is 13.9 Å². The molecule has 7 heteroatoms. The van der Waals surface area contributed by atoms with Crippen LogP contribution in [0.5, 0.6) is 5.75 Å². The Balaban J connectivity index is 1.55. The molecule has 23 heavy (non-hydrogen) atoms. The SMILES string of the molecule is COc1ccc(Cc2nnc(SC(C)C(=O)NC3CC3)o2)cc1. The highest BCUT2D eigenvalue weighted by atomic mass is 32.2. The molecule has 0 radical (unpaired) electrons. The van der Waals surface area contributed by atoms with Crippen LogP contribution in [-0.2, 0) is 11.2 Å². The lowest BCUT2D eigenvalue weighted by Crippen LogP contribution is -2.32. The van der Waals surface area contributed by atoms with Gasteiger partial charge in [0, 0.05) is 6.04 Å². The predicted molar refractivity (Wildman–Crippen MR) is 86.6 cm³/mol. The third-order valence-corrected chi connectivity index (χ3v) is 4.47. The van der Waals surface area contributed by atoms with Gasteiger partial charge in [-0.05, 0) is 37.5 Å². The minimum atomic E-state index is -0.245. The first-order chi connectivity index (χ1) is 11.1. The van der Waals surface area contributed by atoms with Crippen molar-refractivity contribution >= 4 is 17.7 Å². The standard InChI is InChI=1S/C16H19N3O3S/c1-10(15(20)17-12-5-6-12)23-16-19-18-14(22-16)9-11-3-7-13(21-2)8-4-11/h3-4,7-8,10,12H,5-6,9H2,1-2H3,(H,17,20). The number of rotatable bonds is 7. The van der Waals surface area contributed by atoms with Crippen LogP contribution in [0.1, 0.15) is 31.2 Å². The molecule has 3 rings (SSSR count). The molecule has 1 aliphatic carbocycles. The predicted octanol–water partition coefficient (Wildman–Crippen LogP) is 2.43. The molecule has 0 saturated heterocycles. The van der Waals surface area contributed by atoms with Crippen molar-refractivity contribution in [2.24, 2.45) is 0 Å². The molecule has 1 saturated carbocycles. The van der Waals surface area contributed by atoms with E-state index in [0.29, 0.717) is 23.6 Å². The Bertz CT molecular complexity index is 667. The summed E-state index contributed by atoms with van der Waals surface area (Å²) in [6.07, 6.45) is 2.71. The maximum Gasteiger partial charge on any atom is 0.277 e. The molecule has 0 aliphatic heterocycles. The maximum atomic E-state index is 11.9. The summed E-state index contributed by atoms with van der Waals surface area (Å²) >= 11 is 1.29. The Morgan fingerprint density at radius 2 is 2.13 bits per heavy atom. The number of carbonyl (C=O) groups is 1. The largest absolute Gasteiger partial charge is 0.497 e. The van der Waals surface area contributed by atoms with Gasteiger partial charge < -0.3 is 14.5 Å². The van der Waals surface area contributed by atoms with Crippen molar-refractivity contribution in [1.29, 1.82) is 0 Å². The molecule has 0 bridgehead atoms. The molecule has 122 valence electrons. The molecule has 1 aromatic heterocycles. The highest BCUT2D eigenvalue weighted by molar-refractivity contribution is 8.00. The number of carbonyl (C=O) groups excluding carboxylic acids is 1. The number of nitrogens with one attached hydrogen (secondary N) is 1. The van der Waals surface area contributed by atoms with Gasteiger partial charge in [-0.15, -0.1) is 10.2 Å². The maximum absolute atomic E-state index is 11.9. The van der Waals surface area contributed by atoms with Gasteiger partial charge in [-0.1, -0.05) is 23.9 Å². The number of aromatic nitrogens is 2. The van der Waals surface area contributed by atoms with E-state index < -0.39 is 0 Å². The fourth-order valence-corrected chi connectivity index (χ4v) is 2.74. The van der Waals surface area contributed by atoms with E-state index in [4.69, 9.17) is 9.15 Å². The summed E-state index contributed by atoms with van der Waals surface area (Å²) in [4.78, 5) is 11.9. The quantitative estimate of drug-likeness (QED) is 0.784. The monoisotopic (exact) mass is 333 g/mol. The van der Waals surface area contributed by atoms with Crippen LogP contribution in [-0.4, -0.2) is 34.5 Å². The van der Waals surface area contributed by atoms with Crippen LogP contribution >= 0.6 is 11.8 Å². The summed E-state index contributed by atoms with van der Waals surface area (Å²) in [5, 5.41) is 11.2. The Morgan fingerprint density at radius 1 is 1.39 bits per heavy atom. The molecule has 1 aliphatic rings. The third-order valence-electron chi connectivity index (χ3n) is 3.53. The fraction of sp³-hybridized carbons (Fsp3) is 0.438. The first-order valence-electron chi connectivity index (χ1n) is 7.56. The smallest absolute Gasteiger partial charge is 0.277 e. The lowest BCUT2D eigenvalue weighted by molar-refractivity contribution is -0.120. The van der Waals surface area contributed by atoms with Gasteiger partial charge >= 0.3 is 0 Å². The molecule has 6 nitrogen and oxygen atoms in total. The molecule has 1 heterocycles. The second-order valence-electron chi connectivity index (χ2n) is 5.53.